The Bertz CT molecular complexity index is 1260. The normalized spacial score (nSPS) is 10.6. The van der Waals surface area contributed by atoms with Crippen molar-refractivity contribution in [1.82, 2.24) is 15.0 Å². The Hall–Kier alpha value is -4.13. The first-order valence-electron chi connectivity index (χ1n) is 9.37. The highest BCUT2D eigenvalue weighted by Gasteiger charge is 2.11. The number of anilines is 2. The number of nitrogens with zero attached hydrogens (tertiary/aromatic N) is 3. The minimum Gasteiger partial charge on any atom is -0.322 e. The second-order valence-electron chi connectivity index (χ2n) is 6.83. The first-order valence-corrected chi connectivity index (χ1v) is 9.37. The van der Waals surface area contributed by atoms with E-state index in [4.69, 9.17) is 0 Å². The van der Waals surface area contributed by atoms with Crippen molar-refractivity contribution in [3.63, 3.8) is 0 Å². The summed E-state index contributed by atoms with van der Waals surface area (Å²) >= 11 is 0. The van der Waals surface area contributed by atoms with E-state index in [0.29, 0.717) is 28.0 Å². The topological polar surface area (TPSA) is 96.9 Å². The lowest BCUT2D eigenvalue weighted by Gasteiger charge is -2.10. The van der Waals surface area contributed by atoms with E-state index < -0.39 is 0 Å². The first-order chi connectivity index (χ1) is 14.5. The van der Waals surface area contributed by atoms with Crippen molar-refractivity contribution >= 4 is 34.2 Å². The van der Waals surface area contributed by atoms with Crippen molar-refractivity contribution in [2.75, 3.05) is 10.6 Å². The first kappa shape index (κ1) is 19.2. The molecule has 148 valence electrons. The maximum absolute atomic E-state index is 12.7. The second kappa shape index (κ2) is 8.08. The van der Waals surface area contributed by atoms with Gasteiger partial charge < -0.3 is 10.6 Å². The van der Waals surface area contributed by atoms with E-state index >= 15 is 0 Å². The predicted molar refractivity (Wildman–Crippen MR) is 116 cm³/mol. The smallest absolute Gasteiger partial charge is 0.257 e. The van der Waals surface area contributed by atoms with Crippen LogP contribution < -0.4 is 10.6 Å². The SMILES string of the molecule is Cc1nc2ccc(C(=O)Nc3cccc(NC(=O)c4cccnc4)c3)cc2nc1C. The second-order valence-corrected chi connectivity index (χ2v) is 6.83. The number of carbonyl (C=O) groups is 2. The molecule has 0 unspecified atom stereocenters. The average Bonchev–Trinajstić information content (AvgIpc) is 2.75. The van der Waals surface area contributed by atoms with Crippen LogP contribution in [0.1, 0.15) is 32.1 Å². The van der Waals surface area contributed by atoms with Crippen molar-refractivity contribution in [1.29, 1.82) is 0 Å². The van der Waals surface area contributed by atoms with Crippen LogP contribution in [0.3, 0.4) is 0 Å². The van der Waals surface area contributed by atoms with Gasteiger partial charge in [0.15, 0.2) is 0 Å². The molecule has 0 spiro atoms. The molecule has 0 saturated carbocycles. The quantitative estimate of drug-likeness (QED) is 0.539. The van der Waals surface area contributed by atoms with E-state index in [9.17, 15) is 9.59 Å². The molecule has 0 fully saturated rings. The van der Waals surface area contributed by atoms with Gasteiger partial charge in [-0.05, 0) is 62.4 Å². The number of carbonyl (C=O) groups excluding carboxylic acids is 2. The summed E-state index contributed by atoms with van der Waals surface area (Å²) < 4.78 is 0. The molecule has 2 aromatic heterocycles. The number of aryl methyl sites for hydroxylation is 2. The summed E-state index contributed by atoms with van der Waals surface area (Å²) in [6.07, 6.45) is 3.10. The van der Waals surface area contributed by atoms with Crippen molar-refractivity contribution in [3.8, 4) is 0 Å². The van der Waals surface area contributed by atoms with Gasteiger partial charge in [-0.15, -0.1) is 0 Å². The third-order valence-electron chi connectivity index (χ3n) is 4.64. The Kier molecular flexibility index (Phi) is 5.17. The molecule has 0 bridgehead atoms. The van der Waals surface area contributed by atoms with Crippen LogP contribution in [0.5, 0.6) is 0 Å². The number of fused-ring (bicyclic) bond motifs is 1. The third kappa shape index (κ3) is 4.15. The van der Waals surface area contributed by atoms with Gasteiger partial charge in [0.25, 0.3) is 11.8 Å². The minimum absolute atomic E-state index is 0.271. The zero-order valence-corrected chi connectivity index (χ0v) is 16.5. The van der Waals surface area contributed by atoms with Crippen LogP contribution in [0.25, 0.3) is 11.0 Å². The number of hydrogen-bond acceptors (Lipinski definition) is 5. The van der Waals surface area contributed by atoms with Crippen molar-refractivity contribution in [2.45, 2.75) is 13.8 Å². The molecule has 2 heterocycles. The van der Waals surface area contributed by atoms with E-state index in [1.54, 1.807) is 60.8 Å². The number of amides is 2. The molecule has 0 aliphatic carbocycles. The summed E-state index contributed by atoms with van der Waals surface area (Å²) in [5.41, 5.74) is 5.17. The number of aromatic nitrogens is 3. The molecule has 0 atom stereocenters. The molecule has 2 N–H and O–H groups in total. The van der Waals surface area contributed by atoms with Crippen LogP contribution in [-0.4, -0.2) is 26.8 Å². The summed E-state index contributed by atoms with van der Waals surface area (Å²) in [5, 5.41) is 5.65. The molecule has 0 saturated heterocycles. The summed E-state index contributed by atoms with van der Waals surface area (Å²) in [6.45, 7) is 3.79. The Balaban J connectivity index is 1.51. The molecule has 4 rings (SSSR count). The maximum atomic E-state index is 12.7. The number of pyridine rings is 1. The van der Waals surface area contributed by atoms with Gasteiger partial charge in [-0.25, -0.2) is 9.97 Å². The summed E-state index contributed by atoms with van der Waals surface area (Å²) in [5.74, 6) is -0.544. The fraction of sp³-hybridized carbons (Fsp3) is 0.0870. The standard InChI is InChI=1S/C23H19N5O2/c1-14-15(2)26-21-11-16(8-9-20(21)25-14)22(29)27-18-6-3-7-19(12-18)28-23(30)17-5-4-10-24-13-17/h3-13H,1-2H3,(H,27,29)(H,28,30). The summed E-state index contributed by atoms with van der Waals surface area (Å²) in [4.78, 5) is 37.9. The van der Waals surface area contributed by atoms with Gasteiger partial charge >= 0.3 is 0 Å². The molecule has 2 aromatic carbocycles. The van der Waals surface area contributed by atoms with Crippen LogP contribution in [0.4, 0.5) is 11.4 Å². The monoisotopic (exact) mass is 397 g/mol. The molecule has 7 heteroatoms. The van der Waals surface area contributed by atoms with Gasteiger partial charge in [0, 0.05) is 29.3 Å². The van der Waals surface area contributed by atoms with Crippen LogP contribution in [0, 0.1) is 13.8 Å². The Morgan fingerprint density at radius 2 is 1.40 bits per heavy atom. The molecule has 2 amide bonds. The van der Waals surface area contributed by atoms with E-state index in [0.717, 1.165) is 16.9 Å². The predicted octanol–water partition coefficient (Wildman–Crippen LogP) is 4.15. The Labute approximate surface area is 173 Å². The van der Waals surface area contributed by atoms with Crippen LogP contribution in [0.15, 0.2) is 67.0 Å². The van der Waals surface area contributed by atoms with Gasteiger partial charge in [-0.2, -0.15) is 0 Å². The minimum atomic E-state index is -0.273. The highest BCUT2D eigenvalue weighted by Crippen LogP contribution is 2.19. The van der Waals surface area contributed by atoms with Crippen LogP contribution >= 0.6 is 0 Å². The van der Waals surface area contributed by atoms with Crippen LogP contribution in [0.2, 0.25) is 0 Å². The number of hydrogen-bond donors (Lipinski definition) is 2. The lowest BCUT2D eigenvalue weighted by atomic mass is 10.1. The van der Waals surface area contributed by atoms with Crippen molar-refractivity contribution in [2.24, 2.45) is 0 Å². The molecular formula is C23H19N5O2. The summed E-state index contributed by atoms with van der Waals surface area (Å²) in [6, 6.07) is 15.6. The third-order valence-corrected chi connectivity index (χ3v) is 4.64. The lowest BCUT2D eigenvalue weighted by Crippen LogP contribution is -2.14. The largest absolute Gasteiger partial charge is 0.322 e. The Morgan fingerprint density at radius 3 is 2.07 bits per heavy atom. The number of nitrogens with one attached hydrogen (secondary N) is 2. The van der Waals surface area contributed by atoms with E-state index in [-0.39, 0.29) is 11.8 Å². The number of benzene rings is 2. The molecule has 30 heavy (non-hydrogen) atoms. The fourth-order valence-electron chi connectivity index (χ4n) is 2.95. The number of rotatable bonds is 4. The van der Waals surface area contributed by atoms with Gasteiger partial charge in [-0.1, -0.05) is 6.07 Å². The summed E-state index contributed by atoms with van der Waals surface area (Å²) in [7, 11) is 0. The van der Waals surface area contributed by atoms with E-state index in [1.807, 2.05) is 13.8 Å². The Morgan fingerprint density at radius 1 is 0.733 bits per heavy atom. The zero-order valence-electron chi connectivity index (χ0n) is 16.5. The zero-order chi connectivity index (χ0) is 21.1. The van der Waals surface area contributed by atoms with Crippen molar-refractivity contribution in [3.05, 3.63) is 89.5 Å². The molecule has 4 aromatic rings. The van der Waals surface area contributed by atoms with Gasteiger partial charge in [0.05, 0.1) is 28.0 Å². The van der Waals surface area contributed by atoms with Gasteiger partial charge in [-0.3, -0.25) is 14.6 Å². The average molecular weight is 397 g/mol. The van der Waals surface area contributed by atoms with E-state index in [1.165, 1.54) is 6.20 Å². The molecule has 0 aliphatic heterocycles. The maximum Gasteiger partial charge on any atom is 0.257 e. The van der Waals surface area contributed by atoms with E-state index in [2.05, 4.69) is 25.6 Å². The highest BCUT2D eigenvalue weighted by molar-refractivity contribution is 6.07. The fourth-order valence-corrected chi connectivity index (χ4v) is 2.95. The molecule has 0 radical (unpaired) electrons. The van der Waals surface area contributed by atoms with Gasteiger partial charge in [0.2, 0.25) is 0 Å². The van der Waals surface area contributed by atoms with Gasteiger partial charge in [0.1, 0.15) is 0 Å². The highest BCUT2D eigenvalue weighted by atomic mass is 16.2. The molecule has 0 aliphatic rings. The van der Waals surface area contributed by atoms with Crippen LogP contribution in [-0.2, 0) is 0 Å². The molecule has 7 nitrogen and oxygen atoms in total. The lowest BCUT2D eigenvalue weighted by molar-refractivity contribution is 0.101. The van der Waals surface area contributed by atoms with Crippen molar-refractivity contribution < 1.29 is 9.59 Å². The molecular weight excluding hydrogens is 378 g/mol.